The fourth-order valence-electron chi connectivity index (χ4n) is 5.15. The minimum atomic E-state index is -0.776. The van der Waals surface area contributed by atoms with Gasteiger partial charge in [-0.3, -0.25) is 9.59 Å². The van der Waals surface area contributed by atoms with Crippen LogP contribution in [0.15, 0.2) is 48.5 Å². The third-order valence-electron chi connectivity index (χ3n) is 6.84. The number of hydrogen-bond donors (Lipinski definition) is 3. The molecule has 2 aromatic carbocycles. The number of benzene rings is 2. The summed E-state index contributed by atoms with van der Waals surface area (Å²) in [6.45, 7) is 5.90. The van der Waals surface area contributed by atoms with Gasteiger partial charge in [-0.25, -0.2) is 0 Å². The van der Waals surface area contributed by atoms with Crippen LogP contribution in [0.1, 0.15) is 75.2 Å². The Balaban J connectivity index is 1.73. The van der Waals surface area contributed by atoms with Gasteiger partial charge in [-0.1, -0.05) is 69.5 Å². The standard InChI is InChI=1S/C27H35N3O2/c1-18(2)17-23(26(32)28-22-9-5-4-6-10-22)27(21-15-13-20(14-16-21)19(3)31)29-24-11-7-8-12-25(24)30-27/h7-8,11-16,18,22-23,29-30H,4-6,9-10,17H2,1-3H3,(H,28,32). The van der Waals surface area contributed by atoms with E-state index in [1.165, 1.54) is 19.3 Å². The summed E-state index contributed by atoms with van der Waals surface area (Å²) in [5.41, 5.74) is 2.83. The van der Waals surface area contributed by atoms with Gasteiger partial charge in [0.2, 0.25) is 5.91 Å². The molecule has 1 aliphatic heterocycles. The van der Waals surface area contributed by atoms with Crippen LogP contribution in [0.3, 0.4) is 0 Å². The Bertz CT molecular complexity index is 936. The topological polar surface area (TPSA) is 70.2 Å². The molecule has 1 unspecified atom stereocenters. The predicted molar refractivity (Wildman–Crippen MR) is 130 cm³/mol. The van der Waals surface area contributed by atoms with Crippen LogP contribution >= 0.6 is 0 Å². The highest BCUT2D eigenvalue weighted by Gasteiger charge is 2.48. The number of anilines is 2. The van der Waals surface area contributed by atoms with Crippen LogP contribution in [-0.4, -0.2) is 17.7 Å². The molecule has 2 aliphatic rings. The molecular weight excluding hydrogens is 398 g/mol. The van der Waals surface area contributed by atoms with E-state index in [2.05, 4.69) is 29.8 Å². The summed E-state index contributed by atoms with van der Waals surface area (Å²) in [6, 6.07) is 16.0. The number of fused-ring (bicyclic) bond motifs is 1. The van der Waals surface area contributed by atoms with Crippen LogP contribution in [0.4, 0.5) is 11.4 Å². The molecule has 1 saturated carbocycles. The van der Waals surface area contributed by atoms with E-state index in [0.717, 1.165) is 36.2 Å². The summed E-state index contributed by atoms with van der Waals surface area (Å²) >= 11 is 0. The second kappa shape index (κ2) is 9.35. The minimum absolute atomic E-state index is 0.0370. The lowest BCUT2D eigenvalue weighted by atomic mass is 9.79. The normalized spacial score (nSPS) is 18.4. The molecule has 5 heteroatoms. The molecule has 2 aromatic rings. The van der Waals surface area contributed by atoms with Crippen LogP contribution < -0.4 is 16.0 Å². The molecule has 1 fully saturated rings. The van der Waals surface area contributed by atoms with Crippen molar-refractivity contribution in [2.75, 3.05) is 10.6 Å². The summed E-state index contributed by atoms with van der Waals surface area (Å²) in [4.78, 5) is 25.6. The van der Waals surface area contributed by atoms with E-state index < -0.39 is 5.66 Å². The highest BCUT2D eigenvalue weighted by Crippen LogP contribution is 2.45. The molecule has 4 rings (SSSR count). The number of rotatable bonds is 7. The van der Waals surface area contributed by atoms with Gasteiger partial charge in [0.25, 0.3) is 0 Å². The van der Waals surface area contributed by atoms with Crippen molar-refractivity contribution in [3.8, 4) is 0 Å². The minimum Gasteiger partial charge on any atom is -0.357 e. The van der Waals surface area contributed by atoms with Crippen molar-refractivity contribution in [2.45, 2.75) is 71.0 Å². The molecule has 1 atom stereocenters. The van der Waals surface area contributed by atoms with Crippen molar-refractivity contribution < 1.29 is 9.59 Å². The van der Waals surface area contributed by atoms with Crippen LogP contribution in [-0.2, 0) is 10.5 Å². The molecule has 0 aromatic heterocycles. The number of para-hydroxylation sites is 2. The quantitative estimate of drug-likeness (QED) is 0.491. The van der Waals surface area contributed by atoms with E-state index in [4.69, 9.17) is 0 Å². The Morgan fingerprint density at radius 1 is 0.969 bits per heavy atom. The van der Waals surface area contributed by atoms with Gasteiger partial charge in [0.1, 0.15) is 5.66 Å². The van der Waals surface area contributed by atoms with Gasteiger partial charge >= 0.3 is 0 Å². The number of carbonyl (C=O) groups excluding carboxylic acids is 2. The van der Waals surface area contributed by atoms with Crippen LogP contribution in [0.25, 0.3) is 0 Å². The van der Waals surface area contributed by atoms with Gasteiger partial charge in [0, 0.05) is 11.6 Å². The number of ketones is 1. The zero-order valence-electron chi connectivity index (χ0n) is 19.4. The molecule has 5 nitrogen and oxygen atoms in total. The maximum Gasteiger partial charge on any atom is 0.228 e. The maximum atomic E-state index is 13.8. The largest absolute Gasteiger partial charge is 0.357 e. The summed E-state index contributed by atoms with van der Waals surface area (Å²) < 4.78 is 0. The van der Waals surface area contributed by atoms with E-state index in [9.17, 15) is 9.59 Å². The van der Waals surface area contributed by atoms with Gasteiger partial charge in [0.15, 0.2) is 5.78 Å². The molecule has 1 amide bonds. The molecule has 1 heterocycles. The maximum absolute atomic E-state index is 13.8. The van der Waals surface area contributed by atoms with E-state index >= 15 is 0 Å². The molecule has 3 N–H and O–H groups in total. The molecule has 0 radical (unpaired) electrons. The number of carbonyl (C=O) groups is 2. The second-order valence-electron chi connectivity index (χ2n) is 9.76. The van der Waals surface area contributed by atoms with Gasteiger partial charge in [-0.05, 0) is 49.8 Å². The van der Waals surface area contributed by atoms with Crippen molar-refractivity contribution >= 4 is 23.1 Å². The monoisotopic (exact) mass is 433 g/mol. The lowest BCUT2D eigenvalue weighted by Crippen LogP contribution is -2.54. The van der Waals surface area contributed by atoms with Crippen LogP contribution in [0.5, 0.6) is 0 Å². The first-order valence-electron chi connectivity index (χ1n) is 12.0. The molecule has 170 valence electrons. The predicted octanol–water partition coefficient (Wildman–Crippen LogP) is 5.69. The van der Waals surface area contributed by atoms with Crippen molar-refractivity contribution in [3.05, 3.63) is 59.7 Å². The third kappa shape index (κ3) is 4.52. The number of amides is 1. The third-order valence-corrected chi connectivity index (χ3v) is 6.84. The number of Topliss-reactive ketones (excluding diaryl/α,β-unsaturated/α-hetero) is 1. The fourth-order valence-corrected chi connectivity index (χ4v) is 5.15. The van der Waals surface area contributed by atoms with E-state index in [1.807, 2.05) is 48.5 Å². The number of hydrogen-bond acceptors (Lipinski definition) is 4. The lowest BCUT2D eigenvalue weighted by Gasteiger charge is -2.40. The SMILES string of the molecule is CC(=O)c1ccc(C2(C(CC(C)C)C(=O)NC3CCCCC3)Nc3ccccc3N2)cc1. The van der Waals surface area contributed by atoms with Gasteiger partial charge < -0.3 is 16.0 Å². The Hall–Kier alpha value is -2.82. The smallest absolute Gasteiger partial charge is 0.228 e. The number of nitrogens with one attached hydrogen (secondary N) is 3. The van der Waals surface area contributed by atoms with E-state index in [-0.39, 0.29) is 23.7 Å². The zero-order valence-corrected chi connectivity index (χ0v) is 19.4. The van der Waals surface area contributed by atoms with E-state index in [1.54, 1.807) is 6.92 Å². The molecule has 0 saturated heterocycles. The van der Waals surface area contributed by atoms with Crippen LogP contribution in [0.2, 0.25) is 0 Å². The van der Waals surface area contributed by atoms with Crippen molar-refractivity contribution in [1.82, 2.24) is 5.32 Å². The van der Waals surface area contributed by atoms with Gasteiger partial charge in [-0.2, -0.15) is 0 Å². The first kappa shape index (κ1) is 22.4. The molecular formula is C27H35N3O2. The van der Waals surface area contributed by atoms with E-state index in [0.29, 0.717) is 11.5 Å². The Kier molecular flexibility index (Phi) is 6.54. The van der Waals surface area contributed by atoms with Gasteiger partial charge in [0.05, 0.1) is 17.3 Å². The first-order chi connectivity index (χ1) is 15.4. The van der Waals surface area contributed by atoms with Crippen LogP contribution in [0, 0.1) is 11.8 Å². The average Bonchev–Trinajstić information content (AvgIpc) is 3.18. The lowest BCUT2D eigenvalue weighted by molar-refractivity contribution is -0.128. The first-order valence-corrected chi connectivity index (χ1v) is 12.0. The Labute approximate surface area is 191 Å². The molecule has 32 heavy (non-hydrogen) atoms. The zero-order chi connectivity index (χ0) is 22.7. The van der Waals surface area contributed by atoms with Crippen molar-refractivity contribution in [3.63, 3.8) is 0 Å². The fraction of sp³-hybridized carbons (Fsp3) is 0.481. The summed E-state index contributed by atoms with van der Waals surface area (Å²) in [7, 11) is 0. The van der Waals surface area contributed by atoms with Crippen molar-refractivity contribution in [2.24, 2.45) is 11.8 Å². The second-order valence-corrected chi connectivity index (χ2v) is 9.76. The molecule has 0 bridgehead atoms. The summed E-state index contributed by atoms with van der Waals surface area (Å²) in [5, 5.41) is 10.7. The van der Waals surface area contributed by atoms with Gasteiger partial charge in [-0.15, -0.1) is 0 Å². The molecule has 0 spiro atoms. The Morgan fingerprint density at radius 2 is 1.56 bits per heavy atom. The molecule has 1 aliphatic carbocycles. The Morgan fingerprint density at radius 3 is 2.09 bits per heavy atom. The highest BCUT2D eigenvalue weighted by molar-refractivity contribution is 5.94. The summed E-state index contributed by atoms with van der Waals surface area (Å²) in [6.07, 6.45) is 6.47. The van der Waals surface area contributed by atoms with Crippen molar-refractivity contribution in [1.29, 1.82) is 0 Å². The summed E-state index contributed by atoms with van der Waals surface area (Å²) in [5.74, 6) is 0.154. The average molecular weight is 434 g/mol. The highest BCUT2D eigenvalue weighted by atomic mass is 16.2.